The van der Waals surface area contributed by atoms with Gasteiger partial charge in [0.15, 0.2) is 5.69 Å². The van der Waals surface area contributed by atoms with Crippen LogP contribution in [0.2, 0.25) is 0 Å². The summed E-state index contributed by atoms with van der Waals surface area (Å²) in [6.07, 6.45) is 1.75. The molecule has 0 aliphatic heterocycles. The Labute approximate surface area is 206 Å². The van der Waals surface area contributed by atoms with Crippen molar-refractivity contribution in [2.24, 2.45) is 0 Å². The number of methoxy groups -OCH3 is 1. The van der Waals surface area contributed by atoms with E-state index in [1.807, 2.05) is 30.3 Å². The lowest BCUT2D eigenvalue weighted by atomic mass is 10.1. The summed E-state index contributed by atoms with van der Waals surface area (Å²) in [5, 5.41) is 9.74. The van der Waals surface area contributed by atoms with E-state index in [4.69, 9.17) is 9.47 Å². The van der Waals surface area contributed by atoms with Crippen LogP contribution in [0, 0.1) is 0 Å². The number of fused-ring (bicyclic) bond motifs is 1. The third-order valence-corrected chi connectivity index (χ3v) is 6.28. The molecule has 0 unspecified atom stereocenters. The lowest BCUT2D eigenvalue weighted by Crippen LogP contribution is -2.25. The number of hydrogen-bond acceptors (Lipinski definition) is 7. The minimum Gasteiger partial charge on any atom is -0.497 e. The number of thiophene rings is 1. The molecule has 0 fully saturated rings. The third kappa shape index (κ3) is 5.41. The lowest BCUT2D eigenvalue weighted by Gasteiger charge is -2.11. The average Bonchev–Trinajstić information content (AvgIpc) is 3.29. The van der Waals surface area contributed by atoms with Crippen molar-refractivity contribution in [1.29, 1.82) is 0 Å². The van der Waals surface area contributed by atoms with Gasteiger partial charge in [-0.15, -0.1) is 11.3 Å². The van der Waals surface area contributed by atoms with Gasteiger partial charge in [-0.2, -0.15) is 9.78 Å². The SMILES string of the molecule is CCOC(=O)c1nn(-c2cccc(OC)c2)c(=O)c2c(NC(=O)CCCc3ccccc3)scc12. The Morgan fingerprint density at radius 2 is 1.91 bits per heavy atom. The standard InChI is InChI=1S/C26H25N3O5S/c1-3-34-26(32)23-20-16-35-24(27-21(30)14-7-11-17-9-5-4-6-10-17)22(20)25(31)29(28-23)18-12-8-13-19(15-18)33-2/h4-6,8-10,12-13,15-16H,3,7,11,14H2,1-2H3,(H,27,30). The van der Waals surface area contributed by atoms with Gasteiger partial charge in [-0.05, 0) is 37.5 Å². The first-order chi connectivity index (χ1) is 17.0. The molecule has 1 N–H and O–H groups in total. The maximum atomic E-state index is 13.5. The first kappa shape index (κ1) is 24.2. The average molecular weight is 492 g/mol. The molecular formula is C26H25N3O5S. The van der Waals surface area contributed by atoms with Crippen LogP contribution >= 0.6 is 11.3 Å². The number of aromatic nitrogens is 2. The fourth-order valence-electron chi connectivity index (χ4n) is 3.70. The molecule has 0 aliphatic carbocycles. The number of benzene rings is 2. The topological polar surface area (TPSA) is 99.5 Å². The van der Waals surface area contributed by atoms with E-state index in [-0.39, 0.29) is 23.6 Å². The number of nitrogens with zero attached hydrogens (tertiary/aromatic N) is 2. The van der Waals surface area contributed by atoms with Crippen molar-refractivity contribution in [3.8, 4) is 11.4 Å². The number of ether oxygens (including phenoxy) is 2. The van der Waals surface area contributed by atoms with Gasteiger partial charge in [0.25, 0.3) is 5.56 Å². The highest BCUT2D eigenvalue weighted by atomic mass is 32.1. The molecule has 35 heavy (non-hydrogen) atoms. The quantitative estimate of drug-likeness (QED) is 0.344. The fourth-order valence-corrected chi connectivity index (χ4v) is 4.65. The maximum absolute atomic E-state index is 13.5. The van der Waals surface area contributed by atoms with Crippen LogP contribution in [0.15, 0.2) is 64.8 Å². The third-order valence-electron chi connectivity index (χ3n) is 5.38. The van der Waals surface area contributed by atoms with E-state index in [1.54, 1.807) is 36.6 Å². The van der Waals surface area contributed by atoms with Crippen LogP contribution in [-0.2, 0) is 16.0 Å². The van der Waals surface area contributed by atoms with Crippen molar-refractivity contribution in [1.82, 2.24) is 9.78 Å². The molecule has 0 saturated heterocycles. The zero-order valence-electron chi connectivity index (χ0n) is 19.4. The molecule has 2 aromatic carbocycles. The smallest absolute Gasteiger partial charge is 0.359 e. The fraction of sp³-hybridized carbons (Fsp3) is 0.231. The first-order valence-corrected chi connectivity index (χ1v) is 12.1. The Morgan fingerprint density at radius 3 is 2.66 bits per heavy atom. The largest absolute Gasteiger partial charge is 0.497 e. The Morgan fingerprint density at radius 1 is 1.11 bits per heavy atom. The zero-order valence-corrected chi connectivity index (χ0v) is 20.3. The second kappa shape index (κ2) is 11.0. The second-order valence-corrected chi connectivity index (χ2v) is 8.61. The zero-order chi connectivity index (χ0) is 24.8. The molecule has 0 aliphatic rings. The lowest BCUT2D eigenvalue weighted by molar-refractivity contribution is -0.116. The molecule has 0 atom stereocenters. The van der Waals surface area contributed by atoms with Gasteiger partial charge in [-0.25, -0.2) is 4.79 Å². The number of anilines is 1. The predicted molar refractivity (Wildman–Crippen MR) is 136 cm³/mol. The van der Waals surface area contributed by atoms with Crippen molar-refractivity contribution in [3.63, 3.8) is 0 Å². The van der Waals surface area contributed by atoms with Gasteiger partial charge in [0.2, 0.25) is 5.91 Å². The molecule has 0 radical (unpaired) electrons. The summed E-state index contributed by atoms with van der Waals surface area (Å²) in [4.78, 5) is 38.8. The van der Waals surface area contributed by atoms with Crippen molar-refractivity contribution in [2.75, 3.05) is 19.0 Å². The van der Waals surface area contributed by atoms with Gasteiger partial charge >= 0.3 is 5.97 Å². The molecule has 9 heteroatoms. The Hall–Kier alpha value is -3.98. The predicted octanol–water partition coefficient (Wildman–Crippen LogP) is 4.59. The van der Waals surface area contributed by atoms with E-state index < -0.39 is 11.5 Å². The van der Waals surface area contributed by atoms with E-state index >= 15 is 0 Å². The number of carbonyl (C=O) groups excluding carboxylic acids is 2. The van der Waals surface area contributed by atoms with Crippen LogP contribution in [0.4, 0.5) is 5.00 Å². The van der Waals surface area contributed by atoms with Crippen LogP contribution in [0.3, 0.4) is 0 Å². The number of rotatable bonds is 9. The molecule has 0 saturated carbocycles. The van der Waals surface area contributed by atoms with Crippen molar-refractivity contribution in [3.05, 3.63) is 81.6 Å². The summed E-state index contributed by atoms with van der Waals surface area (Å²) in [5.41, 5.74) is 1.13. The normalized spacial score (nSPS) is 10.8. The highest BCUT2D eigenvalue weighted by Crippen LogP contribution is 2.31. The second-order valence-electron chi connectivity index (χ2n) is 7.73. The molecule has 2 heterocycles. The highest BCUT2D eigenvalue weighted by Gasteiger charge is 2.23. The molecule has 4 aromatic rings. The number of carbonyl (C=O) groups is 2. The van der Waals surface area contributed by atoms with Gasteiger partial charge in [-0.1, -0.05) is 36.4 Å². The van der Waals surface area contributed by atoms with Crippen molar-refractivity contribution in [2.45, 2.75) is 26.2 Å². The highest BCUT2D eigenvalue weighted by molar-refractivity contribution is 7.16. The molecule has 0 bridgehead atoms. The van der Waals surface area contributed by atoms with Gasteiger partial charge in [0, 0.05) is 23.3 Å². The Bertz CT molecular complexity index is 1410. The van der Waals surface area contributed by atoms with E-state index in [9.17, 15) is 14.4 Å². The van der Waals surface area contributed by atoms with Gasteiger partial charge in [-0.3, -0.25) is 9.59 Å². The van der Waals surface area contributed by atoms with Gasteiger partial charge < -0.3 is 14.8 Å². The molecule has 4 rings (SSSR count). The van der Waals surface area contributed by atoms with Crippen molar-refractivity contribution >= 4 is 39.0 Å². The molecule has 0 spiro atoms. The van der Waals surface area contributed by atoms with Crippen LogP contribution in [0.25, 0.3) is 16.5 Å². The van der Waals surface area contributed by atoms with Crippen LogP contribution in [-0.4, -0.2) is 35.4 Å². The number of nitrogens with one attached hydrogen (secondary N) is 1. The van der Waals surface area contributed by atoms with E-state index in [0.717, 1.165) is 16.7 Å². The number of amides is 1. The summed E-state index contributed by atoms with van der Waals surface area (Å²) in [5.74, 6) is -0.314. The summed E-state index contributed by atoms with van der Waals surface area (Å²) in [6.45, 7) is 1.86. The number of aryl methyl sites for hydroxylation is 1. The van der Waals surface area contributed by atoms with Crippen LogP contribution in [0.1, 0.15) is 35.8 Å². The Balaban J connectivity index is 1.68. The number of hydrogen-bond donors (Lipinski definition) is 1. The van der Waals surface area contributed by atoms with Gasteiger partial charge in [0.05, 0.1) is 24.8 Å². The van der Waals surface area contributed by atoms with Gasteiger partial charge in [0.1, 0.15) is 10.8 Å². The van der Waals surface area contributed by atoms with E-state index in [2.05, 4.69) is 10.4 Å². The minimum absolute atomic E-state index is 0.00472. The van der Waals surface area contributed by atoms with E-state index in [1.165, 1.54) is 18.4 Å². The molecular weight excluding hydrogens is 466 g/mol. The van der Waals surface area contributed by atoms with Crippen molar-refractivity contribution < 1.29 is 19.1 Å². The van der Waals surface area contributed by atoms with Crippen LogP contribution < -0.4 is 15.6 Å². The summed E-state index contributed by atoms with van der Waals surface area (Å²) in [6, 6.07) is 16.7. The summed E-state index contributed by atoms with van der Waals surface area (Å²) < 4.78 is 11.6. The monoisotopic (exact) mass is 491 g/mol. The molecule has 180 valence electrons. The molecule has 8 nitrogen and oxygen atoms in total. The van der Waals surface area contributed by atoms with E-state index in [0.29, 0.717) is 34.7 Å². The molecule has 1 amide bonds. The summed E-state index contributed by atoms with van der Waals surface area (Å²) >= 11 is 1.18. The molecule has 2 aromatic heterocycles. The maximum Gasteiger partial charge on any atom is 0.359 e. The minimum atomic E-state index is -0.646. The number of esters is 1. The van der Waals surface area contributed by atoms with Crippen LogP contribution in [0.5, 0.6) is 5.75 Å². The first-order valence-electron chi connectivity index (χ1n) is 11.2. The Kier molecular flexibility index (Phi) is 7.57. The summed E-state index contributed by atoms with van der Waals surface area (Å²) in [7, 11) is 1.52.